The number of aryl methyl sites for hydroxylation is 2. The van der Waals surface area contributed by atoms with Crippen LogP contribution in [-0.2, 0) is 32.6 Å². The Morgan fingerprint density at radius 3 is 2.08 bits per heavy atom. The van der Waals surface area contributed by atoms with Gasteiger partial charge in [0.2, 0.25) is 11.8 Å². The summed E-state index contributed by atoms with van der Waals surface area (Å²) in [6, 6.07) is 22.3. The summed E-state index contributed by atoms with van der Waals surface area (Å²) in [5.41, 5.74) is 3.16. The minimum atomic E-state index is -4.08. The molecule has 208 valence electrons. The van der Waals surface area contributed by atoms with E-state index in [4.69, 9.17) is 0 Å². The molecule has 0 saturated carbocycles. The molecule has 0 heterocycles. The van der Waals surface area contributed by atoms with E-state index in [1.807, 2.05) is 64.1 Å². The van der Waals surface area contributed by atoms with Gasteiger partial charge in [-0.25, -0.2) is 8.42 Å². The fraction of sp³-hybridized carbons (Fsp3) is 0.355. The van der Waals surface area contributed by atoms with Crippen LogP contribution in [0.15, 0.2) is 83.8 Å². The zero-order valence-corrected chi connectivity index (χ0v) is 24.1. The maximum absolute atomic E-state index is 14.1. The Morgan fingerprint density at radius 1 is 0.846 bits per heavy atom. The second kappa shape index (κ2) is 13.9. The quantitative estimate of drug-likeness (QED) is 0.322. The van der Waals surface area contributed by atoms with Crippen molar-refractivity contribution in [3.8, 4) is 0 Å². The second-order valence-corrected chi connectivity index (χ2v) is 11.3. The van der Waals surface area contributed by atoms with Crippen LogP contribution in [0.1, 0.15) is 50.3 Å². The highest BCUT2D eigenvalue weighted by atomic mass is 32.2. The van der Waals surface area contributed by atoms with Gasteiger partial charge in [0.1, 0.15) is 12.6 Å². The standard InChI is InChI=1S/C31H39N3O4S/c1-5-21-32-31(36)28(7-3)33(22-26-17-12-11-15-24(26)4)30(35)23-34(29-20-14-13-16-25(29)6-2)39(37,38)27-18-9-8-10-19-27/h8-20,28H,5-7,21-23H2,1-4H3,(H,32,36). The summed E-state index contributed by atoms with van der Waals surface area (Å²) in [5.74, 6) is -0.685. The summed E-state index contributed by atoms with van der Waals surface area (Å²) >= 11 is 0. The molecule has 0 bridgehead atoms. The molecule has 0 aliphatic carbocycles. The third-order valence-corrected chi connectivity index (χ3v) is 8.56. The lowest BCUT2D eigenvalue weighted by atomic mass is 10.1. The van der Waals surface area contributed by atoms with Crippen LogP contribution in [-0.4, -0.2) is 44.3 Å². The highest BCUT2D eigenvalue weighted by Crippen LogP contribution is 2.28. The molecule has 1 unspecified atom stereocenters. The van der Waals surface area contributed by atoms with Gasteiger partial charge in [-0.1, -0.05) is 81.4 Å². The zero-order valence-electron chi connectivity index (χ0n) is 23.3. The summed E-state index contributed by atoms with van der Waals surface area (Å²) in [7, 11) is -4.08. The van der Waals surface area contributed by atoms with Gasteiger partial charge in [0, 0.05) is 13.1 Å². The lowest BCUT2D eigenvalue weighted by molar-refractivity contribution is -0.140. The number of sulfonamides is 1. The number of amides is 2. The van der Waals surface area contributed by atoms with Crippen LogP contribution in [0.25, 0.3) is 0 Å². The zero-order chi connectivity index (χ0) is 28.4. The minimum Gasteiger partial charge on any atom is -0.354 e. The van der Waals surface area contributed by atoms with Crippen molar-refractivity contribution in [2.75, 3.05) is 17.4 Å². The number of anilines is 1. The topological polar surface area (TPSA) is 86.8 Å². The molecular weight excluding hydrogens is 510 g/mol. The van der Waals surface area contributed by atoms with Gasteiger partial charge >= 0.3 is 0 Å². The number of nitrogens with zero attached hydrogens (tertiary/aromatic N) is 2. The van der Waals surface area contributed by atoms with E-state index < -0.39 is 28.5 Å². The van der Waals surface area contributed by atoms with Crippen LogP contribution < -0.4 is 9.62 Å². The average molecular weight is 550 g/mol. The summed E-state index contributed by atoms with van der Waals surface area (Å²) in [6.45, 7) is 7.99. The van der Waals surface area contributed by atoms with Gasteiger partial charge in [0.05, 0.1) is 10.6 Å². The summed E-state index contributed by atoms with van der Waals surface area (Å²) in [6.07, 6.45) is 1.75. The molecule has 2 amide bonds. The third kappa shape index (κ3) is 7.26. The van der Waals surface area contributed by atoms with Crippen LogP contribution >= 0.6 is 0 Å². The fourth-order valence-electron chi connectivity index (χ4n) is 4.54. The van der Waals surface area contributed by atoms with Crippen LogP contribution in [0.2, 0.25) is 0 Å². The molecule has 39 heavy (non-hydrogen) atoms. The molecule has 0 radical (unpaired) electrons. The van der Waals surface area contributed by atoms with Gasteiger partial charge in [0.25, 0.3) is 10.0 Å². The second-order valence-electron chi connectivity index (χ2n) is 9.47. The smallest absolute Gasteiger partial charge is 0.264 e. The maximum atomic E-state index is 14.1. The molecule has 0 aromatic heterocycles. The van der Waals surface area contributed by atoms with Crippen molar-refractivity contribution in [2.45, 2.75) is 64.4 Å². The summed E-state index contributed by atoms with van der Waals surface area (Å²) in [4.78, 5) is 29.0. The van der Waals surface area contributed by atoms with Gasteiger partial charge in [-0.15, -0.1) is 0 Å². The molecule has 0 saturated heterocycles. The van der Waals surface area contributed by atoms with Gasteiger partial charge < -0.3 is 10.2 Å². The Morgan fingerprint density at radius 2 is 1.46 bits per heavy atom. The normalized spacial score (nSPS) is 12.0. The molecule has 1 N–H and O–H groups in total. The SMILES string of the molecule is CCCNC(=O)C(CC)N(Cc1ccccc1C)C(=O)CN(c1ccccc1CC)S(=O)(=O)c1ccccc1. The molecule has 0 aliphatic heterocycles. The van der Waals surface area contributed by atoms with E-state index >= 15 is 0 Å². The van der Waals surface area contributed by atoms with Crippen LogP contribution in [0.3, 0.4) is 0 Å². The first-order valence-corrected chi connectivity index (χ1v) is 15.0. The molecule has 0 aliphatic rings. The predicted octanol–water partition coefficient (Wildman–Crippen LogP) is 5.09. The number of benzene rings is 3. The largest absolute Gasteiger partial charge is 0.354 e. The molecule has 3 aromatic carbocycles. The number of nitrogens with one attached hydrogen (secondary N) is 1. The van der Waals surface area contributed by atoms with Crippen LogP contribution in [0.4, 0.5) is 5.69 Å². The number of para-hydroxylation sites is 1. The van der Waals surface area contributed by atoms with Gasteiger partial charge in [0.15, 0.2) is 0 Å². The first kappa shape index (κ1) is 29.9. The van der Waals surface area contributed by atoms with Crippen molar-refractivity contribution >= 4 is 27.5 Å². The number of hydrogen-bond donors (Lipinski definition) is 1. The molecule has 3 aromatic rings. The first-order chi connectivity index (χ1) is 18.7. The monoisotopic (exact) mass is 549 g/mol. The Kier molecular flexibility index (Phi) is 10.7. The van der Waals surface area contributed by atoms with Crippen molar-refractivity contribution < 1.29 is 18.0 Å². The lowest BCUT2D eigenvalue weighted by Gasteiger charge is -2.34. The molecule has 1 atom stereocenters. The molecule has 8 heteroatoms. The number of hydrogen-bond acceptors (Lipinski definition) is 4. The van der Waals surface area contributed by atoms with Crippen molar-refractivity contribution in [1.82, 2.24) is 10.2 Å². The molecule has 7 nitrogen and oxygen atoms in total. The summed E-state index contributed by atoms with van der Waals surface area (Å²) in [5, 5.41) is 2.91. The van der Waals surface area contributed by atoms with E-state index in [1.54, 1.807) is 30.3 Å². The highest BCUT2D eigenvalue weighted by molar-refractivity contribution is 7.92. The van der Waals surface area contributed by atoms with Crippen molar-refractivity contribution in [3.63, 3.8) is 0 Å². The molecule has 0 spiro atoms. The Labute approximate surface area is 232 Å². The molecule has 3 rings (SSSR count). The van der Waals surface area contributed by atoms with Crippen molar-refractivity contribution in [3.05, 3.63) is 95.6 Å². The lowest BCUT2D eigenvalue weighted by Crippen LogP contribution is -2.52. The molecule has 0 fully saturated rings. The summed E-state index contributed by atoms with van der Waals surface area (Å²) < 4.78 is 29.1. The van der Waals surface area contributed by atoms with E-state index in [0.29, 0.717) is 25.1 Å². The van der Waals surface area contributed by atoms with Gasteiger partial charge in [-0.3, -0.25) is 13.9 Å². The van der Waals surface area contributed by atoms with E-state index in [-0.39, 0.29) is 17.3 Å². The van der Waals surface area contributed by atoms with E-state index in [1.165, 1.54) is 21.3 Å². The first-order valence-electron chi connectivity index (χ1n) is 13.5. The van der Waals surface area contributed by atoms with Crippen molar-refractivity contribution in [2.24, 2.45) is 0 Å². The minimum absolute atomic E-state index is 0.0990. The Bertz CT molecular complexity index is 1360. The van der Waals surface area contributed by atoms with E-state index in [9.17, 15) is 18.0 Å². The predicted molar refractivity (Wildman–Crippen MR) is 156 cm³/mol. The number of carbonyl (C=O) groups is 2. The van der Waals surface area contributed by atoms with Gasteiger partial charge in [-0.05, 0) is 61.1 Å². The highest BCUT2D eigenvalue weighted by Gasteiger charge is 2.34. The van der Waals surface area contributed by atoms with Gasteiger partial charge in [-0.2, -0.15) is 0 Å². The maximum Gasteiger partial charge on any atom is 0.264 e. The van der Waals surface area contributed by atoms with Crippen molar-refractivity contribution in [1.29, 1.82) is 0 Å². The number of carbonyl (C=O) groups excluding carboxylic acids is 2. The van der Waals surface area contributed by atoms with E-state index in [2.05, 4.69) is 5.32 Å². The Hall–Kier alpha value is -3.65. The fourth-order valence-corrected chi connectivity index (χ4v) is 6.02. The third-order valence-electron chi connectivity index (χ3n) is 6.79. The Balaban J connectivity index is 2.09. The molecular formula is C31H39N3O4S. The van der Waals surface area contributed by atoms with Crippen LogP contribution in [0, 0.1) is 6.92 Å². The van der Waals surface area contributed by atoms with Crippen LogP contribution in [0.5, 0.6) is 0 Å². The number of rotatable bonds is 13. The van der Waals surface area contributed by atoms with E-state index in [0.717, 1.165) is 23.1 Å². The average Bonchev–Trinajstić information content (AvgIpc) is 2.95.